The molecular weight excluding hydrogens is 824 g/mol. The van der Waals surface area contributed by atoms with E-state index in [4.69, 9.17) is 13.5 Å². The zero-order chi connectivity index (χ0) is 40.6. The van der Waals surface area contributed by atoms with Crippen LogP contribution in [0.1, 0.15) is 36.2 Å². The van der Waals surface area contributed by atoms with Crippen LogP contribution in [0.2, 0.25) is 0 Å². The molecule has 0 aliphatic carbocycles. The number of anilines is 5. The molecule has 0 saturated carbocycles. The molecule has 0 radical (unpaired) electrons. The number of nitriles is 1. The summed E-state index contributed by atoms with van der Waals surface area (Å²) in [5.41, 5.74) is 10.2. The van der Waals surface area contributed by atoms with Crippen LogP contribution in [0.25, 0.3) is 32.9 Å². The van der Waals surface area contributed by atoms with Crippen LogP contribution in [0.15, 0.2) is 103 Å². The summed E-state index contributed by atoms with van der Waals surface area (Å²) in [7, 11) is 0. The van der Waals surface area contributed by atoms with Crippen molar-refractivity contribution >= 4 is 50.4 Å². The van der Waals surface area contributed by atoms with Crippen LogP contribution in [-0.4, -0.2) is 23.9 Å². The summed E-state index contributed by atoms with van der Waals surface area (Å²) < 4.78 is 48.6. The molecule has 0 fully saturated rings. The summed E-state index contributed by atoms with van der Waals surface area (Å²) in [6, 6.07) is 33.9. The molecule has 9 heteroatoms. The predicted molar refractivity (Wildman–Crippen MR) is 209 cm³/mol. The molecule has 0 bridgehead atoms. The molecular formula is C43H38N8Pt. The molecule has 260 valence electrons. The van der Waals surface area contributed by atoms with Gasteiger partial charge in [0.2, 0.25) is 0 Å². The van der Waals surface area contributed by atoms with Crippen LogP contribution in [0.4, 0.5) is 28.6 Å². The van der Waals surface area contributed by atoms with E-state index in [1.54, 1.807) is 54.5 Å². The summed E-state index contributed by atoms with van der Waals surface area (Å²) in [5, 5.41) is 14.2. The van der Waals surface area contributed by atoms with Gasteiger partial charge >= 0.3 is 21.1 Å². The Hall–Kier alpha value is -5.64. The van der Waals surface area contributed by atoms with Crippen LogP contribution >= 0.6 is 0 Å². The van der Waals surface area contributed by atoms with Crippen LogP contribution in [0.5, 0.6) is 0 Å². The normalized spacial score (nSPS) is 14.0. The minimum absolute atomic E-state index is 0. The number of hydrogen-bond donors (Lipinski definition) is 1. The van der Waals surface area contributed by atoms with Crippen molar-refractivity contribution in [3.05, 3.63) is 151 Å². The fourth-order valence-electron chi connectivity index (χ4n) is 6.49. The molecule has 8 rings (SSSR count). The summed E-state index contributed by atoms with van der Waals surface area (Å²) in [6.45, 7) is 5.85. The quantitative estimate of drug-likeness (QED) is 0.166. The maximum Gasteiger partial charge on any atom is 4.00 e. The number of hydrogen-bond acceptors (Lipinski definition) is 7. The second kappa shape index (κ2) is 15.3. The summed E-state index contributed by atoms with van der Waals surface area (Å²) >= 11 is 0. The van der Waals surface area contributed by atoms with Gasteiger partial charge in [-0.05, 0) is 106 Å². The van der Waals surface area contributed by atoms with Gasteiger partial charge in [0.1, 0.15) is 5.82 Å². The Balaban J connectivity index is 0.000000294. The van der Waals surface area contributed by atoms with E-state index in [0.717, 1.165) is 54.5 Å². The number of para-hydroxylation sites is 1. The maximum atomic E-state index is 8.84. The monoisotopic (exact) mass is 867 g/mol. The van der Waals surface area contributed by atoms with Gasteiger partial charge in [0.05, 0.1) is 17.3 Å². The number of rotatable bonds is 6. The molecule has 0 amide bonds. The largest absolute Gasteiger partial charge is 4.00 e. The minimum atomic E-state index is -2.49. The molecule has 0 atom stereocenters. The van der Waals surface area contributed by atoms with Crippen molar-refractivity contribution in [1.29, 1.82) is 5.26 Å². The van der Waals surface area contributed by atoms with Gasteiger partial charge in [-0.1, -0.05) is 48.0 Å². The number of nitrogens with zero attached hydrogens (tertiary/aromatic N) is 7. The van der Waals surface area contributed by atoms with E-state index in [9.17, 15) is 0 Å². The van der Waals surface area contributed by atoms with Crippen molar-refractivity contribution in [2.24, 2.45) is 0 Å². The number of fused-ring (bicyclic) bond motifs is 4. The molecule has 4 aromatic carbocycles. The molecule has 7 aromatic rings. The van der Waals surface area contributed by atoms with E-state index >= 15 is 0 Å². The average Bonchev–Trinajstić information content (AvgIpc) is 3.74. The van der Waals surface area contributed by atoms with Crippen molar-refractivity contribution in [2.75, 3.05) is 34.0 Å². The van der Waals surface area contributed by atoms with Gasteiger partial charge in [0.25, 0.3) is 0 Å². The first-order valence-corrected chi connectivity index (χ1v) is 16.3. The van der Waals surface area contributed by atoms with Crippen molar-refractivity contribution in [3.63, 3.8) is 0 Å². The maximum absolute atomic E-state index is 8.84. The number of nitrogens with one attached hydrogen (secondary N) is 1. The first-order chi connectivity index (χ1) is 27.1. The Labute approximate surface area is 328 Å². The molecule has 1 N–H and O–H groups in total. The van der Waals surface area contributed by atoms with Crippen molar-refractivity contribution in [3.8, 4) is 17.2 Å². The number of benzene rings is 4. The van der Waals surface area contributed by atoms with Crippen LogP contribution in [0, 0.1) is 58.4 Å². The third-order valence-corrected chi connectivity index (χ3v) is 8.71. The molecule has 0 saturated heterocycles. The zero-order valence-corrected chi connectivity index (χ0v) is 31.2. The van der Waals surface area contributed by atoms with Crippen LogP contribution in [-0.2, 0) is 21.1 Å². The van der Waals surface area contributed by atoms with Crippen LogP contribution < -0.4 is 25.0 Å². The number of aromatic nitrogens is 3. The van der Waals surface area contributed by atoms with E-state index < -0.39 is 14.0 Å². The van der Waals surface area contributed by atoms with E-state index in [0.29, 0.717) is 39.8 Å². The first-order valence-electron chi connectivity index (χ1n) is 19.3. The smallest absolute Gasteiger partial charge is 0.657 e. The van der Waals surface area contributed by atoms with Gasteiger partial charge in [-0.3, -0.25) is 4.98 Å². The molecule has 1 aliphatic rings. The van der Waals surface area contributed by atoms with Gasteiger partial charge in [-0.15, -0.1) is 46.2 Å². The van der Waals surface area contributed by atoms with Crippen molar-refractivity contribution in [2.45, 2.75) is 27.7 Å². The molecule has 8 nitrogen and oxygen atoms in total. The second-order valence-corrected chi connectivity index (χ2v) is 12.4. The SMILES string of the molecule is N#Cc1ccc2[n-]c3ccccc3c2c1.[2H]C([2H])([2H])N([CH-]Nc1[c-]c(N2[CH-]N(C([2H])([2H])[2H])c3cccnc32)cc(-c2c(C)cc(C)cc2C)c1)c1cccnc1C.[Pt+4]. The standard InChI is InChI=1S/C30H31N6.C13H7N2.Pt/c1-20-13-21(2)29(22(3)14-20)24-15-25(33-18-34(5)27-9-7-11-31-23(27)4)17-26(16-24)36-19-35(6)28-10-8-12-32-30(28)36;14-8-9-5-6-13-11(7-9)10-3-1-2-4-12(10)15-13;/h7-16,18-19,33H,1-6H3;1-7H;/q-3;-1;+4/i5D3,6D3;;. The fraction of sp³-hybridized carbons (Fsp3) is 0.140. The topological polar surface area (TPSA) is 85.4 Å². The molecule has 0 unspecified atom stereocenters. The van der Waals surface area contributed by atoms with Crippen LogP contribution in [0.3, 0.4) is 0 Å². The molecule has 0 spiro atoms. The van der Waals surface area contributed by atoms with Crippen molar-refractivity contribution < 1.29 is 29.3 Å². The van der Waals surface area contributed by atoms with Gasteiger partial charge in [0, 0.05) is 32.0 Å². The third kappa shape index (κ3) is 7.24. The number of pyridine rings is 2. The minimum Gasteiger partial charge on any atom is -0.657 e. The van der Waals surface area contributed by atoms with Crippen molar-refractivity contribution in [1.82, 2.24) is 15.0 Å². The van der Waals surface area contributed by atoms with E-state index in [1.807, 2.05) is 69.3 Å². The second-order valence-electron chi connectivity index (χ2n) is 12.4. The Kier molecular flexibility index (Phi) is 8.53. The Bertz CT molecular complexity index is 2630. The van der Waals surface area contributed by atoms with Gasteiger partial charge in [-0.25, -0.2) is 4.98 Å². The predicted octanol–water partition coefficient (Wildman–Crippen LogP) is 9.37. The van der Waals surface area contributed by atoms with E-state index in [-0.39, 0.29) is 21.1 Å². The fourth-order valence-corrected chi connectivity index (χ4v) is 6.49. The molecule has 52 heavy (non-hydrogen) atoms. The average molecular weight is 868 g/mol. The van der Waals surface area contributed by atoms with E-state index in [1.165, 1.54) is 18.2 Å². The van der Waals surface area contributed by atoms with Gasteiger partial charge < -0.3 is 25.0 Å². The summed E-state index contributed by atoms with van der Waals surface area (Å²) in [5.74, 6) is 0.449. The first kappa shape index (κ1) is 29.0. The summed E-state index contributed by atoms with van der Waals surface area (Å²) in [4.78, 5) is 17.3. The Morgan fingerprint density at radius 3 is 2.44 bits per heavy atom. The summed E-state index contributed by atoms with van der Waals surface area (Å²) in [6.07, 6.45) is 3.22. The Morgan fingerprint density at radius 1 is 0.904 bits per heavy atom. The zero-order valence-electron chi connectivity index (χ0n) is 34.9. The van der Waals surface area contributed by atoms with Gasteiger partial charge in [0.15, 0.2) is 0 Å². The molecule has 3 aromatic heterocycles. The number of aryl methyl sites for hydroxylation is 4. The molecule has 4 heterocycles. The van der Waals surface area contributed by atoms with Gasteiger partial charge in [-0.2, -0.15) is 18.6 Å². The Morgan fingerprint density at radius 2 is 1.67 bits per heavy atom. The third-order valence-electron chi connectivity index (χ3n) is 8.71. The van der Waals surface area contributed by atoms with E-state index in [2.05, 4.69) is 44.5 Å². The molecule has 1 aliphatic heterocycles.